The lowest BCUT2D eigenvalue weighted by molar-refractivity contribution is 0.0336. The van der Waals surface area contributed by atoms with Crippen LogP contribution in [0.15, 0.2) is 47.6 Å². The van der Waals surface area contributed by atoms with Crippen molar-refractivity contribution in [1.82, 2.24) is 0 Å². The van der Waals surface area contributed by atoms with Gasteiger partial charge in [-0.2, -0.15) is 0 Å². The van der Waals surface area contributed by atoms with Crippen molar-refractivity contribution in [2.45, 2.75) is 46.4 Å². The lowest BCUT2D eigenvalue weighted by atomic mass is 9.82. The fraction of sp³-hybridized carbons (Fsp3) is 0.500. The number of benzene rings is 1. The zero-order valence-corrected chi connectivity index (χ0v) is 17.0. The van der Waals surface area contributed by atoms with Gasteiger partial charge in [0, 0.05) is 24.7 Å². The summed E-state index contributed by atoms with van der Waals surface area (Å²) in [6.45, 7) is 12.5. The van der Waals surface area contributed by atoms with E-state index in [4.69, 9.17) is 13.7 Å². The Balaban J connectivity index is 1.90. The highest BCUT2D eigenvalue weighted by atomic mass is 28.4. The quantitative estimate of drug-likeness (QED) is 0.738. The van der Waals surface area contributed by atoms with E-state index in [0.29, 0.717) is 6.10 Å². The lowest BCUT2D eigenvalue weighted by Crippen LogP contribution is -2.39. The maximum atomic E-state index is 6.27. The molecule has 0 bridgehead atoms. The van der Waals surface area contributed by atoms with Crippen LogP contribution in [0.1, 0.15) is 32.8 Å². The van der Waals surface area contributed by atoms with Gasteiger partial charge in [-0.25, -0.2) is 0 Å². The molecule has 134 valence electrons. The van der Waals surface area contributed by atoms with Crippen LogP contribution >= 0.6 is 0 Å². The molecule has 0 N–H and O–H groups in total. The van der Waals surface area contributed by atoms with Crippen molar-refractivity contribution in [3.8, 4) is 0 Å². The fourth-order valence-corrected chi connectivity index (χ4v) is 6.45. The van der Waals surface area contributed by atoms with Crippen LogP contribution < -0.4 is 0 Å². The minimum atomic E-state index is -1.84. The summed E-state index contributed by atoms with van der Waals surface area (Å²) >= 11 is 0. The molecule has 2 saturated heterocycles. The molecule has 0 spiro atoms. The van der Waals surface area contributed by atoms with Crippen molar-refractivity contribution >= 4 is 21.0 Å². The van der Waals surface area contributed by atoms with Crippen molar-refractivity contribution in [2.24, 2.45) is 5.41 Å². The Morgan fingerprint density at radius 1 is 1.16 bits per heavy atom. The first-order chi connectivity index (χ1) is 11.8. The number of rotatable bonds is 3. The standard InChI is InChI=1S/C20H29BO3Si/c1-16-13-19(25(4,5)24-16)18(17-9-7-6-8-10-17)11-12-21-22-14-20(2,3)15-23-21/h6-12,16H,13-15H2,1-5H3/b12-11+,19-18+. The number of hydrogen-bond donors (Lipinski definition) is 0. The van der Waals surface area contributed by atoms with Crippen LogP contribution in [-0.4, -0.2) is 34.8 Å². The zero-order chi connectivity index (χ0) is 18.1. The van der Waals surface area contributed by atoms with Crippen molar-refractivity contribution < 1.29 is 13.7 Å². The van der Waals surface area contributed by atoms with E-state index in [1.165, 1.54) is 16.3 Å². The molecule has 2 aliphatic rings. The second-order valence-electron chi connectivity index (χ2n) is 8.41. The summed E-state index contributed by atoms with van der Waals surface area (Å²) in [5.41, 5.74) is 2.61. The van der Waals surface area contributed by atoms with Gasteiger partial charge in [0.25, 0.3) is 0 Å². The van der Waals surface area contributed by atoms with Crippen LogP contribution in [0, 0.1) is 5.41 Å². The van der Waals surface area contributed by atoms with Gasteiger partial charge in [0.2, 0.25) is 8.32 Å². The van der Waals surface area contributed by atoms with E-state index in [0.717, 1.165) is 19.6 Å². The van der Waals surface area contributed by atoms with Crippen LogP contribution in [0.4, 0.5) is 0 Å². The van der Waals surface area contributed by atoms with E-state index >= 15 is 0 Å². The van der Waals surface area contributed by atoms with Crippen LogP contribution in [0.25, 0.3) is 5.57 Å². The number of hydrogen-bond acceptors (Lipinski definition) is 3. The number of allylic oxidation sites excluding steroid dienone is 2. The van der Waals surface area contributed by atoms with Crippen molar-refractivity contribution in [1.29, 1.82) is 0 Å². The predicted octanol–water partition coefficient (Wildman–Crippen LogP) is 4.65. The lowest BCUT2D eigenvalue weighted by Gasteiger charge is -2.32. The first-order valence-corrected chi connectivity index (χ1v) is 12.1. The molecule has 3 rings (SSSR count). The molecule has 1 aromatic carbocycles. The topological polar surface area (TPSA) is 27.7 Å². The first kappa shape index (κ1) is 18.6. The highest BCUT2D eigenvalue weighted by Crippen LogP contribution is 2.38. The van der Waals surface area contributed by atoms with Gasteiger partial charge in [-0.15, -0.1) is 0 Å². The Morgan fingerprint density at radius 3 is 2.36 bits per heavy atom. The molecule has 0 amide bonds. The van der Waals surface area contributed by atoms with Crippen LogP contribution in [0.3, 0.4) is 0 Å². The van der Waals surface area contributed by atoms with Crippen molar-refractivity contribution in [3.05, 3.63) is 53.1 Å². The van der Waals surface area contributed by atoms with Gasteiger partial charge in [-0.05, 0) is 42.8 Å². The Labute approximate surface area is 153 Å². The molecule has 1 atom stereocenters. The SMILES string of the molecule is CC1C/C(=C(/C=C/B2OCC(C)(C)CO2)c2ccccc2)[Si](C)(C)O1. The summed E-state index contributed by atoms with van der Waals surface area (Å²) < 4.78 is 18.0. The van der Waals surface area contributed by atoms with Gasteiger partial charge < -0.3 is 13.7 Å². The summed E-state index contributed by atoms with van der Waals surface area (Å²) in [5.74, 6) is 2.05. The van der Waals surface area contributed by atoms with E-state index in [9.17, 15) is 0 Å². The minimum Gasteiger partial charge on any atom is -0.410 e. The second kappa shape index (κ2) is 7.23. The molecule has 0 aliphatic carbocycles. The van der Waals surface area contributed by atoms with Gasteiger partial charge in [0.15, 0.2) is 0 Å². The molecule has 1 aromatic rings. The summed E-state index contributed by atoms with van der Waals surface area (Å²) in [4.78, 5) is 0. The molecular weight excluding hydrogens is 327 g/mol. The smallest absolute Gasteiger partial charge is 0.410 e. The van der Waals surface area contributed by atoms with E-state index in [-0.39, 0.29) is 12.5 Å². The van der Waals surface area contributed by atoms with E-state index < -0.39 is 8.32 Å². The monoisotopic (exact) mass is 356 g/mol. The van der Waals surface area contributed by atoms with E-state index in [1.54, 1.807) is 0 Å². The van der Waals surface area contributed by atoms with Gasteiger partial charge in [-0.3, -0.25) is 0 Å². The average Bonchev–Trinajstić information content (AvgIpc) is 2.83. The molecule has 2 heterocycles. The van der Waals surface area contributed by atoms with Gasteiger partial charge in [-0.1, -0.05) is 56.2 Å². The molecular formula is C20H29BO3Si. The molecule has 3 nitrogen and oxygen atoms in total. The summed E-state index contributed by atoms with van der Waals surface area (Å²) in [5, 5.41) is 1.47. The highest BCUT2D eigenvalue weighted by Gasteiger charge is 2.39. The molecule has 2 fully saturated rings. The molecule has 0 radical (unpaired) electrons. The van der Waals surface area contributed by atoms with Crippen molar-refractivity contribution in [2.75, 3.05) is 13.2 Å². The largest absolute Gasteiger partial charge is 0.486 e. The summed E-state index contributed by atoms with van der Waals surface area (Å²) in [7, 11) is -2.11. The Hall–Kier alpha value is -1.14. The molecule has 0 saturated carbocycles. The summed E-state index contributed by atoms with van der Waals surface area (Å²) in [6.07, 6.45) is 3.49. The van der Waals surface area contributed by atoms with Crippen LogP contribution in [0.2, 0.25) is 13.1 Å². The third-order valence-electron chi connectivity index (χ3n) is 4.82. The molecule has 2 aliphatic heterocycles. The van der Waals surface area contributed by atoms with Gasteiger partial charge in [0.1, 0.15) is 0 Å². The fourth-order valence-electron chi connectivity index (χ4n) is 3.56. The zero-order valence-electron chi connectivity index (χ0n) is 16.0. The second-order valence-corrected chi connectivity index (χ2v) is 12.3. The third kappa shape index (κ3) is 4.53. The maximum Gasteiger partial charge on any atom is 0.486 e. The molecule has 0 aromatic heterocycles. The Bertz CT molecular complexity index is 657. The normalized spacial score (nSPS) is 27.7. The Kier molecular flexibility index (Phi) is 5.40. The van der Waals surface area contributed by atoms with Crippen molar-refractivity contribution in [3.63, 3.8) is 0 Å². The first-order valence-electron chi connectivity index (χ1n) is 9.15. The average molecular weight is 356 g/mol. The van der Waals surface area contributed by atoms with E-state index in [1.807, 2.05) is 0 Å². The Morgan fingerprint density at radius 2 is 1.80 bits per heavy atom. The maximum absolute atomic E-state index is 6.27. The van der Waals surface area contributed by atoms with Crippen LogP contribution in [0.5, 0.6) is 0 Å². The third-order valence-corrected chi connectivity index (χ3v) is 7.74. The molecule has 25 heavy (non-hydrogen) atoms. The highest BCUT2D eigenvalue weighted by molar-refractivity contribution is 6.80. The minimum absolute atomic E-state index is 0.0920. The summed E-state index contributed by atoms with van der Waals surface area (Å²) in [6, 6.07) is 10.6. The van der Waals surface area contributed by atoms with E-state index in [2.05, 4.69) is 76.2 Å². The van der Waals surface area contributed by atoms with Gasteiger partial charge >= 0.3 is 7.12 Å². The predicted molar refractivity (Wildman–Crippen MR) is 107 cm³/mol. The van der Waals surface area contributed by atoms with Crippen LogP contribution in [-0.2, 0) is 13.7 Å². The molecule has 5 heteroatoms. The van der Waals surface area contributed by atoms with Gasteiger partial charge in [0.05, 0.1) is 0 Å². The molecule has 1 unspecified atom stereocenters.